The van der Waals surface area contributed by atoms with Gasteiger partial charge in [0.1, 0.15) is 17.1 Å². The minimum Gasteiger partial charge on any atom is -0.361 e. The molecule has 0 N–H and O–H groups in total. The fourth-order valence-corrected chi connectivity index (χ4v) is 3.22. The van der Waals surface area contributed by atoms with Gasteiger partial charge in [0.05, 0.1) is 22.9 Å². The molecular formula is C18H18FN3O2S. The van der Waals surface area contributed by atoms with Gasteiger partial charge in [0.15, 0.2) is 0 Å². The van der Waals surface area contributed by atoms with Gasteiger partial charge in [0.25, 0.3) is 5.91 Å². The first kappa shape index (κ1) is 17.3. The Labute approximate surface area is 149 Å². The lowest BCUT2D eigenvalue weighted by Gasteiger charge is -2.22. The highest BCUT2D eigenvalue weighted by Gasteiger charge is 2.26. The van der Waals surface area contributed by atoms with E-state index < -0.39 is 0 Å². The Kier molecular flexibility index (Phi) is 4.94. The van der Waals surface area contributed by atoms with Crippen LogP contribution < -0.4 is 4.90 Å². The summed E-state index contributed by atoms with van der Waals surface area (Å²) in [4.78, 5) is 19.2. The first-order chi connectivity index (χ1) is 12.0. The summed E-state index contributed by atoms with van der Waals surface area (Å²) in [6, 6.07) is 5.84. The van der Waals surface area contributed by atoms with E-state index in [4.69, 9.17) is 4.52 Å². The Morgan fingerprint density at radius 3 is 2.60 bits per heavy atom. The molecule has 0 saturated carbocycles. The molecule has 1 aromatic carbocycles. The molecule has 0 atom stereocenters. The van der Waals surface area contributed by atoms with Crippen LogP contribution >= 0.6 is 11.3 Å². The van der Waals surface area contributed by atoms with Gasteiger partial charge < -0.3 is 9.42 Å². The van der Waals surface area contributed by atoms with Gasteiger partial charge in [0.2, 0.25) is 0 Å². The van der Waals surface area contributed by atoms with Crippen molar-refractivity contribution >= 4 is 22.9 Å². The van der Waals surface area contributed by atoms with Crippen LogP contribution in [0.2, 0.25) is 0 Å². The van der Waals surface area contributed by atoms with Gasteiger partial charge in [-0.25, -0.2) is 9.37 Å². The summed E-state index contributed by atoms with van der Waals surface area (Å²) >= 11 is 1.52. The maximum Gasteiger partial charge on any atom is 0.264 e. The fraction of sp³-hybridized carbons (Fsp3) is 0.278. The van der Waals surface area contributed by atoms with Crippen LogP contribution in [0, 0.1) is 19.7 Å². The highest BCUT2D eigenvalue weighted by Crippen LogP contribution is 2.24. The lowest BCUT2D eigenvalue weighted by molar-refractivity contribution is 0.0982. The summed E-state index contributed by atoms with van der Waals surface area (Å²) in [7, 11) is 0. The van der Waals surface area contributed by atoms with Crippen LogP contribution in [0.4, 0.5) is 10.1 Å². The highest BCUT2D eigenvalue weighted by atomic mass is 32.1. The van der Waals surface area contributed by atoms with Crippen molar-refractivity contribution in [3.63, 3.8) is 0 Å². The number of rotatable bonds is 5. The Bertz CT molecular complexity index is 886. The molecule has 130 valence electrons. The van der Waals surface area contributed by atoms with E-state index in [1.165, 1.54) is 23.5 Å². The molecule has 0 aliphatic rings. The van der Waals surface area contributed by atoms with Crippen molar-refractivity contribution in [2.45, 2.75) is 33.7 Å². The molecular weight excluding hydrogens is 341 g/mol. The fourth-order valence-electron chi connectivity index (χ4n) is 2.61. The monoisotopic (exact) mass is 359 g/mol. The zero-order valence-electron chi connectivity index (χ0n) is 14.2. The van der Waals surface area contributed by atoms with E-state index in [1.54, 1.807) is 24.0 Å². The average molecular weight is 359 g/mol. The molecule has 2 heterocycles. The molecule has 0 fully saturated rings. The van der Waals surface area contributed by atoms with E-state index >= 15 is 0 Å². The van der Waals surface area contributed by atoms with Gasteiger partial charge >= 0.3 is 0 Å². The molecule has 25 heavy (non-hydrogen) atoms. The number of thiazole rings is 1. The molecule has 0 bridgehead atoms. The van der Waals surface area contributed by atoms with Crippen molar-refractivity contribution in [1.82, 2.24) is 10.1 Å². The third-order valence-electron chi connectivity index (χ3n) is 3.85. The Morgan fingerprint density at radius 1 is 1.28 bits per heavy atom. The molecule has 0 aliphatic carbocycles. The van der Waals surface area contributed by atoms with Gasteiger partial charge in [0, 0.05) is 11.1 Å². The molecule has 3 rings (SSSR count). The van der Waals surface area contributed by atoms with Crippen LogP contribution in [0.15, 0.2) is 34.2 Å². The van der Waals surface area contributed by atoms with E-state index in [9.17, 15) is 9.18 Å². The third kappa shape index (κ3) is 3.61. The largest absolute Gasteiger partial charge is 0.361 e. The molecule has 3 aromatic rings. The number of hydrogen-bond acceptors (Lipinski definition) is 5. The summed E-state index contributed by atoms with van der Waals surface area (Å²) in [6.45, 7) is 5.84. The number of nitrogens with zero attached hydrogens (tertiary/aromatic N) is 3. The average Bonchev–Trinajstić information content (AvgIpc) is 3.18. The molecule has 0 aliphatic heterocycles. The van der Waals surface area contributed by atoms with Crippen LogP contribution in [0.5, 0.6) is 0 Å². The summed E-state index contributed by atoms with van der Waals surface area (Å²) in [6.07, 6.45) is 0.589. The zero-order chi connectivity index (χ0) is 18.0. The number of halogens is 1. The van der Waals surface area contributed by atoms with Crippen molar-refractivity contribution in [3.8, 4) is 0 Å². The lowest BCUT2D eigenvalue weighted by Crippen LogP contribution is -2.31. The van der Waals surface area contributed by atoms with Crippen molar-refractivity contribution in [3.05, 3.63) is 63.2 Å². The molecule has 7 heteroatoms. The van der Waals surface area contributed by atoms with Crippen LogP contribution in [-0.2, 0) is 13.0 Å². The summed E-state index contributed by atoms with van der Waals surface area (Å²) < 4.78 is 18.5. The number of hydrogen-bond donors (Lipinski definition) is 0. The van der Waals surface area contributed by atoms with Crippen LogP contribution in [0.25, 0.3) is 0 Å². The predicted octanol–water partition coefficient (Wildman–Crippen LogP) is 4.30. The quantitative estimate of drug-likeness (QED) is 0.682. The number of amides is 1. The van der Waals surface area contributed by atoms with Gasteiger partial charge in [-0.3, -0.25) is 4.79 Å². The van der Waals surface area contributed by atoms with Crippen molar-refractivity contribution < 1.29 is 13.7 Å². The second-order valence-electron chi connectivity index (χ2n) is 5.64. The Morgan fingerprint density at radius 2 is 2.00 bits per heavy atom. The number of anilines is 1. The number of carbonyl (C=O) groups excluding carboxylic acids is 1. The Balaban J connectivity index is 2.01. The lowest BCUT2D eigenvalue weighted by atomic mass is 10.1. The summed E-state index contributed by atoms with van der Waals surface area (Å²) in [5.41, 5.74) is 2.45. The molecule has 0 unspecified atom stereocenters. The number of carbonyl (C=O) groups is 1. The standard InChI is InChI=1S/C18H18FN3O2S/c1-4-16-17(11(2)24-21-16)18(23)22(9-14-10-25-12(3)20-14)15-7-5-13(19)6-8-15/h5-8,10H,4,9H2,1-3H3. The first-order valence-electron chi connectivity index (χ1n) is 7.93. The highest BCUT2D eigenvalue weighted by molar-refractivity contribution is 7.09. The number of aryl methyl sites for hydroxylation is 3. The van der Waals surface area contributed by atoms with E-state index in [0.29, 0.717) is 35.7 Å². The number of aromatic nitrogens is 2. The maximum absolute atomic E-state index is 13.3. The first-order valence-corrected chi connectivity index (χ1v) is 8.81. The molecule has 2 aromatic heterocycles. The summed E-state index contributed by atoms with van der Waals surface area (Å²) in [5, 5.41) is 6.81. The van der Waals surface area contributed by atoms with Crippen LogP contribution in [0.3, 0.4) is 0 Å². The molecule has 0 spiro atoms. The van der Waals surface area contributed by atoms with Crippen molar-refractivity contribution in [2.75, 3.05) is 4.90 Å². The maximum atomic E-state index is 13.3. The molecule has 0 saturated heterocycles. The van der Waals surface area contributed by atoms with E-state index in [1.807, 2.05) is 19.2 Å². The van der Waals surface area contributed by atoms with E-state index in [2.05, 4.69) is 10.1 Å². The Hall–Kier alpha value is -2.54. The van der Waals surface area contributed by atoms with E-state index in [0.717, 1.165) is 10.7 Å². The second kappa shape index (κ2) is 7.14. The van der Waals surface area contributed by atoms with Gasteiger partial charge in [-0.15, -0.1) is 11.3 Å². The molecule has 5 nitrogen and oxygen atoms in total. The second-order valence-corrected chi connectivity index (χ2v) is 6.70. The molecule has 0 radical (unpaired) electrons. The van der Waals surface area contributed by atoms with Crippen LogP contribution in [-0.4, -0.2) is 16.0 Å². The number of benzene rings is 1. The normalized spacial score (nSPS) is 10.9. The minimum atomic E-state index is -0.351. The third-order valence-corrected chi connectivity index (χ3v) is 4.67. The van der Waals surface area contributed by atoms with Gasteiger partial charge in [-0.2, -0.15) is 0 Å². The SMILES string of the molecule is CCc1noc(C)c1C(=O)N(Cc1csc(C)n1)c1ccc(F)cc1. The van der Waals surface area contributed by atoms with E-state index in [-0.39, 0.29) is 11.7 Å². The van der Waals surface area contributed by atoms with Crippen molar-refractivity contribution in [2.24, 2.45) is 0 Å². The van der Waals surface area contributed by atoms with Crippen molar-refractivity contribution in [1.29, 1.82) is 0 Å². The van der Waals surface area contributed by atoms with Crippen LogP contribution in [0.1, 0.15) is 39.4 Å². The minimum absolute atomic E-state index is 0.229. The zero-order valence-corrected chi connectivity index (χ0v) is 15.1. The van der Waals surface area contributed by atoms with Gasteiger partial charge in [-0.1, -0.05) is 12.1 Å². The molecule has 1 amide bonds. The predicted molar refractivity (Wildman–Crippen MR) is 94.4 cm³/mol. The smallest absolute Gasteiger partial charge is 0.264 e. The van der Waals surface area contributed by atoms with Gasteiger partial charge in [-0.05, 0) is 44.5 Å². The topological polar surface area (TPSA) is 59.2 Å². The summed E-state index contributed by atoms with van der Waals surface area (Å²) in [5.74, 6) is -0.104.